The molecule has 3 heteroatoms. The van der Waals surface area contributed by atoms with Crippen LogP contribution in [0, 0.1) is 11.8 Å². The maximum Gasteiger partial charge on any atom is 0.227 e. The molecule has 31 heavy (non-hydrogen) atoms. The normalized spacial score (nSPS) is 13.4. The minimum absolute atomic E-state index is 0.0765. The lowest BCUT2D eigenvalue weighted by Crippen LogP contribution is -2.26. The Hall–Kier alpha value is -2.00. The van der Waals surface area contributed by atoms with Crippen LogP contribution in [0.15, 0.2) is 72.1 Å². The number of hydrogen-bond donors (Lipinski definition) is 1. The summed E-state index contributed by atoms with van der Waals surface area (Å²) in [5.41, 5.74) is 2.06. The van der Waals surface area contributed by atoms with Gasteiger partial charge in [-0.3, -0.25) is 4.79 Å². The zero-order valence-corrected chi connectivity index (χ0v) is 20.5. The lowest BCUT2D eigenvalue weighted by molar-refractivity contribution is -0.120. The number of allylic oxidation sites excluding steroid dienone is 1. The van der Waals surface area contributed by atoms with E-state index >= 15 is 0 Å². The van der Waals surface area contributed by atoms with Gasteiger partial charge < -0.3 is 5.32 Å². The van der Waals surface area contributed by atoms with Gasteiger partial charge in [0.2, 0.25) is 5.91 Å². The molecule has 0 radical (unpaired) electrons. The lowest BCUT2D eigenvalue weighted by Gasteiger charge is -2.24. The van der Waals surface area contributed by atoms with Crippen molar-refractivity contribution < 1.29 is 4.79 Å². The summed E-state index contributed by atoms with van der Waals surface area (Å²) < 4.78 is 0.224. The molecular weight excluding hydrogens is 398 g/mol. The molecule has 2 nitrogen and oxygen atoms in total. The first kappa shape index (κ1) is 25.3. The van der Waals surface area contributed by atoms with E-state index in [1.165, 1.54) is 29.7 Å². The molecule has 0 aliphatic heterocycles. The van der Waals surface area contributed by atoms with E-state index in [-0.39, 0.29) is 16.6 Å². The van der Waals surface area contributed by atoms with Crippen molar-refractivity contribution in [3.05, 3.63) is 72.8 Å². The molecule has 0 saturated carbocycles. The van der Waals surface area contributed by atoms with Crippen molar-refractivity contribution in [1.82, 2.24) is 0 Å². The number of carbonyl (C=O) groups is 1. The predicted octanol–water partition coefficient (Wildman–Crippen LogP) is 8.15. The van der Waals surface area contributed by atoms with E-state index in [0.29, 0.717) is 5.92 Å². The largest absolute Gasteiger partial charge is 0.326 e. The SMILES string of the molecule is C=CC(CC)C[C@H](Cc1ccccc1)C(=O)Nc1ccc(SC(C)(C)CCCC)cc1. The first-order chi connectivity index (χ1) is 14.9. The Morgan fingerprint density at radius 1 is 1.10 bits per heavy atom. The van der Waals surface area contributed by atoms with Crippen LogP contribution in [0.4, 0.5) is 5.69 Å². The van der Waals surface area contributed by atoms with Crippen LogP contribution < -0.4 is 5.32 Å². The second kappa shape index (κ2) is 12.8. The molecule has 0 aliphatic carbocycles. The summed E-state index contributed by atoms with van der Waals surface area (Å²) >= 11 is 1.91. The van der Waals surface area contributed by atoms with Crippen LogP contribution in [0.2, 0.25) is 0 Å². The Bertz CT molecular complexity index is 798. The molecule has 1 N–H and O–H groups in total. The Morgan fingerprint density at radius 2 is 1.77 bits per heavy atom. The number of carbonyl (C=O) groups excluding carboxylic acids is 1. The Labute approximate surface area is 193 Å². The van der Waals surface area contributed by atoms with Crippen LogP contribution in [-0.4, -0.2) is 10.7 Å². The van der Waals surface area contributed by atoms with Crippen molar-refractivity contribution in [2.75, 3.05) is 5.32 Å². The van der Waals surface area contributed by atoms with Gasteiger partial charge in [-0.1, -0.05) is 76.9 Å². The maximum atomic E-state index is 13.2. The van der Waals surface area contributed by atoms with E-state index in [9.17, 15) is 4.79 Å². The molecule has 0 saturated heterocycles. The van der Waals surface area contributed by atoms with Crippen molar-refractivity contribution >= 4 is 23.4 Å². The van der Waals surface area contributed by atoms with Crippen molar-refractivity contribution in [3.63, 3.8) is 0 Å². The standard InChI is InChI=1S/C28H39NOS/c1-6-9-19-28(4,5)31-26-17-15-25(16-18-26)29-27(30)24(20-22(7-2)8-3)21-23-13-11-10-12-14-23/h7,10-18,22,24H,2,6,8-9,19-21H2,1,3-5H3,(H,29,30)/t22?,24-/m1/s1. The molecule has 2 aromatic carbocycles. The van der Waals surface area contributed by atoms with Crippen LogP contribution in [0.25, 0.3) is 0 Å². The highest BCUT2D eigenvalue weighted by Gasteiger charge is 2.22. The van der Waals surface area contributed by atoms with E-state index in [4.69, 9.17) is 0 Å². The van der Waals surface area contributed by atoms with E-state index in [0.717, 1.165) is 24.9 Å². The molecule has 2 aromatic rings. The van der Waals surface area contributed by atoms with E-state index in [1.54, 1.807) is 0 Å². The molecule has 168 valence electrons. The van der Waals surface area contributed by atoms with Gasteiger partial charge in [-0.05, 0) is 61.4 Å². The van der Waals surface area contributed by atoms with Gasteiger partial charge in [0.15, 0.2) is 0 Å². The molecule has 0 heterocycles. The van der Waals surface area contributed by atoms with Crippen LogP contribution in [0.3, 0.4) is 0 Å². The highest BCUT2D eigenvalue weighted by atomic mass is 32.2. The molecule has 2 atom stereocenters. The Kier molecular flexibility index (Phi) is 10.4. The average molecular weight is 438 g/mol. The fourth-order valence-electron chi connectivity index (χ4n) is 3.80. The van der Waals surface area contributed by atoms with E-state index in [1.807, 2.05) is 48.2 Å². The summed E-state index contributed by atoms with van der Waals surface area (Å²) in [4.78, 5) is 14.4. The van der Waals surface area contributed by atoms with Gasteiger partial charge in [0.05, 0.1) is 0 Å². The van der Waals surface area contributed by atoms with E-state index < -0.39 is 0 Å². The van der Waals surface area contributed by atoms with Gasteiger partial charge in [0, 0.05) is 21.2 Å². The summed E-state index contributed by atoms with van der Waals surface area (Å²) in [7, 11) is 0. The first-order valence-corrected chi connectivity index (χ1v) is 12.4. The highest BCUT2D eigenvalue weighted by Crippen LogP contribution is 2.36. The summed E-state index contributed by atoms with van der Waals surface area (Å²) in [5.74, 6) is 0.365. The smallest absolute Gasteiger partial charge is 0.227 e. The Balaban J connectivity index is 2.05. The summed E-state index contributed by atoms with van der Waals surface area (Å²) in [6.07, 6.45) is 8.23. The van der Waals surface area contributed by atoms with Crippen LogP contribution >= 0.6 is 11.8 Å². The fourth-order valence-corrected chi connectivity index (χ4v) is 4.96. The summed E-state index contributed by atoms with van der Waals surface area (Å²) in [5, 5.41) is 3.16. The number of benzene rings is 2. The second-order valence-corrected chi connectivity index (χ2v) is 10.8. The van der Waals surface area contributed by atoms with Gasteiger partial charge in [0.25, 0.3) is 0 Å². The topological polar surface area (TPSA) is 29.1 Å². The van der Waals surface area contributed by atoms with Crippen molar-refractivity contribution in [2.45, 2.75) is 75.9 Å². The first-order valence-electron chi connectivity index (χ1n) is 11.6. The molecule has 2 rings (SSSR count). The van der Waals surface area contributed by atoms with Gasteiger partial charge in [-0.15, -0.1) is 18.3 Å². The third kappa shape index (κ3) is 8.95. The monoisotopic (exact) mass is 437 g/mol. The molecule has 0 aliphatic rings. The quantitative estimate of drug-likeness (QED) is 0.253. The van der Waals surface area contributed by atoms with Crippen molar-refractivity contribution in [1.29, 1.82) is 0 Å². The third-order valence-electron chi connectivity index (χ3n) is 5.79. The number of thioether (sulfide) groups is 1. The number of amides is 1. The van der Waals surface area contributed by atoms with Gasteiger partial charge in [-0.25, -0.2) is 0 Å². The number of hydrogen-bond acceptors (Lipinski definition) is 2. The number of unbranched alkanes of at least 4 members (excludes halogenated alkanes) is 1. The van der Waals surface area contributed by atoms with Gasteiger partial charge in [0.1, 0.15) is 0 Å². The second-order valence-electron chi connectivity index (χ2n) is 9.01. The van der Waals surface area contributed by atoms with E-state index in [2.05, 4.69) is 63.9 Å². The lowest BCUT2D eigenvalue weighted by atomic mass is 9.87. The molecule has 0 aromatic heterocycles. The van der Waals surface area contributed by atoms with Crippen LogP contribution in [0.5, 0.6) is 0 Å². The zero-order valence-electron chi connectivity index (χ0n) is 19.7. The number of anilines is 1. The molecule has 1 unspecified atom stereocenters. The van der Waals surface area contributed by atoms with Crippen LogP contribution in [-0.2, 0) is 11.2 Å². The maximum absolute atomic E-state index is 13.2. The minimum atomic E-state index is -0.0765. The van der Waals surface area contributed by atoms with Crippen LogP contribution in [0.1, 0.15) is 65.4 Å². The molecule has 1 amide bonds. The predicted molar refractivity (Wildman–Crippen MR) is 137 cm³/mol. The van der Waals surface area contributed by atoms with Crippen molar-refractivity contribution in [2.24, 2.45) is 11.8 Å². The van der Waals surface area contributed by atoms with Crippen molar-refractivity contribution in [3.8, 4) is 0 Å². The fraction of sp³-hybridized carbons (Fsp3) is 0.464. The molecular formula is C28H39NOS. The number of rotatable bonds is 13. The molecule has 0 bridgehead atoms. The summed E-state index contributed by atoms with van der Waals surface area (Å²) in [6.45, 7) is 13.0. The van der Waals surface area contributed by atoms with Gasteiger partial charge >= 0.3 is 0 Å². The Morgan fingerprint density at radius 3 is 2.35 bits per heavy atom. The summed E-state index contributed by atoms with van der Waals surface area (Å²) in [6, 6.07) is 18.6. The zero-order chi connectivity index (χ0) is 22.7. The average Bonchev–Trinajstić information content (AvgIpc) is 2.77. The molecule has 0 fully saturated rings. The van der Waals surface area contributed by atoms with Gasteiger partial charge in [-0.2, -0.15) is 0 Å². The highest BCUT2D eigenvalue weighted by molar-refractivity contribution is 8.00. The minimum Gasteiger partial charge on any atom is -0.326 e. The third-order valence-corrected chi connectivity index (χ3v) is 7.05. The molecule has 0 spiro atoms. The number of nitrogens with one attached hydrogen (secondary N) is 1.